The highest BCUT2D eigenvalue weighted by molar-refractivity contribution is 6.03. The summed E-state index contributed by atoms with van der Waals surface area (Å²) in [5.74, 6) is -0.600. The number of aryl methyl sites for hydroxylation is 2. The van der Waals surface area contributed by atoms with E-state index < -0.39 is 18.0 Å². The lowest BCUT2D eigenvalue weighted by molar-refractivity contribution is 0.0215. The molecule has 0 unspecified atom stereocenters. The number of carbonyl (C=O) groups excluding carboxylic acids is 1. The van der Waals surface area contributed by atoms with E-state index >= 15 is 0 Å². The molecular weight excluding hydrogens is 284 g/mol. The van der Waals surface area contributed by atoms with E-state index in [4.69, 9.17) is 4.74 Å². The monoisotopic (exact) mass is 300 g/mol. The van der Waals surface area contributed by atoms with Crippen LogP contribution in [0.1, 0.15) is 33.2 Å². The normalized spacial score (nSPS) is 20.4. The van der Waals surface area contributed by atoms with Crippen molar-refractivity contribution in [2.75, 3.05) is 0 Å². The van der Waals surface area contributed by atoms with Gasteiger partial charge in [-0.25, -0.2) is 0 Å². The molecule has 2 aromatic rings. The van der Waals surface area contributed by atoms with Crippen LogP contribution in [0.4, 0.5) is 0 Å². The molecule has 0 saturated heterocycles. The second-order valence-electron chi connectivity index (χ2n) is 5.53. The first-order valence-electron chi connectivity index (χ1n) is 6.90. The lowest BCUT2D eigenvalue weighted by Gasteiger charge is -2.30. The molecule has 3 N–H and O–H groups in total. The first-order valence-corrected chi connectivity index (χ1v) is 6.90. The number of phenols is 2. The number of benzene rings is 2. The van der Waals surface area contributed by atoms with Gasteiger partial charge in [0.1, 0.15) is 5.75 Å². The van der Waals surface area contributed by atoms with Crippen molar-refractivity contribution in [2.24, 2.45) is 0 Å². The number of ether oxygens (including phenoxy) is 1. The van der Waals surface area contributed by atoms with Gasteiger partial charge < -0.3 is 20.1 Å². The topological polar surface area (TPSA) is 87.0 Å². The van der Waals surface area contributed by atoms with E-state index in [-0.39, 0.29) is 11.5 Å². The van der Waals surface area contributed by atoms with Crippen molar-refractivity contribution in [3.05, 3.63) is 52.6 Å². The Hall–Kier alpha value is -2.53. The number of ketones is 1. The lowest BCUT2D eigenvalue weighted by atomic mass is 9.91. The van der Waals surface area contributed by atoms with Gasteiger partial charge in [0.25, 0.3) is 0 Å². The van der Waals surface area contributed by atoms with Gasteiger partial charge in [-0.1, -0.05) is 6.07 Å². The maximum Gasteiger partial charge on any atom is 0.199 e. The molecule has 0 bridgehead atoms. The molecule has 0 aliphatic carbocycles. The minimum absolute atomic E-state index is 0.271. The molecule has 1 aliphatic heterocycles. The summed E-state index contributed by atoms with van der Waals surface area (Å²) in [4.78, 5) is 12.4. The highest BCUT2D eigenvalue weighted by Gasteiger charge is 2.37. The van der Waals surface area contributed by atoms with Gasteiger partial charge in [-0.15, -0.1) is 0 Å². The number of hydrogen-bond donors (Lipinski definition) is 3. The van der Waals surface area contributed by atoms with E-state index in [1.165, 1.54) is 18.2 Å². The Balaban J connectivity index is 2.06. The van der Waals surface area contributed by atoms with Gasteiger partial charge in [0.15, 0.2) is 29.5 Å². The van der Waals surface area contributed by atoms with Crippen LogP contribution in [0.25, 0.3) is 0 Å². The highest BCUT2D eigenvalue weighted by Crippen LogP contribution is 2.38. The molecule has 5 nitrogen and oxygen atoms in total. The number of rotatable bonds is 1. The molecule has 3 rings (SSSR count). The van der Waals surface area contributed by atoms with Gasteiger partial charge in [0.05, 0.1) is 5.56 Å². The molecule has 114 valence electrons. The van der Waals surface area contributed by atoms with Crippen molar-refractivity contribution in [1.29, 1.82) is 0 Å². The summed E-state index contributed by atoms with van der Waals surface area (Å²) >= 11 is 0. The summed E-state index contributed by atoms with van der Waals surface area (Å²) in [6, 6.07) is 7.55. The Morgan fingerprint density at radius 2 is 1.68 bits per heavy atom. The Bertz CT molecular complexity index is 766. The Morgan fingerprint density at radius 1 is 1.00 bits per heavy atom. The van der Waals surface area contributed by atoms with Crippen LogP contribution in [-0.2, 0) is 0 Å². The predicted molar refractivity (Wildman–Crippen MR) is 79.4 cm³/mol. The van der Waals surface area contributed by atoms with Gasteiger partial charge in [0.2, 0.25) is 0 Å². The quantitative estimate of drug-likeness (QED) is 0.704. The zero-order valence-corrected chi connectivity index (χ0v) is 12.2. The Kier molecular flexibility index (Phi) is 3.30. The Morgan fingerprint density at radius 3 is 2.36 bits per heavy atom. The van der Waals surface area contributed by atoms with Crippen molar-refractivity contribution >= 4 is 5.78 Å². The molecule has 0 saturated carbocycles. The van der Waals surface area contributed by atoms with Gasteiger partial charge in [-0.3, -0.25) is 4.79 Å². The van der Waals surface area contributed by atoms with Gasteiger partial charge in [-0.05, 0) is 54.8 Å². The van der Waals surface area contributed by atoms with Crippen molar-refractivity contribution in [2.45, 2.75) is 26.1 Å². The predicted octanol–water partition coefficient (Wildman–Crippen LogP) is 2.39. The Labute approximate surface area is 127 Å². The summed E-state index contributed by atoms with van der Waals surface area (Å²) in [5, 5.41) is 29.2. The van der Waals surface area contributed by atoms with Crippen LogP contribution in [0.15, 0.2) is 30.3 Å². The zero-order chi connectivity index (χ0) is 16.0. The summed E-state index contributed by atoms with van der Waals surface area (Å²) in [6.45, 7) is 3.80. The fourth-order valence-electron chi connectivity index (χ4n) is 2.55. The summed E-state index contributed by atoms with van der Waals surface area (Å²) in [5.41, 5.74) is 2.70. The van der Waals surface area contributed by atoms with Crippen molar-refractivity contribution in [3.8, 4) is 17.2 Å². The lowest BCUT2D eigenvalue weighted by Crippen LogP contribution is -2.36. The minimum Gasteiger partial charge on any atom is -0.504 e. The fourth-order valence-corrected chi connectivity index (χ4v) is 2.55. The third kappa shape index (κ3) is 2.19. The molecule has 1 aliphatic rings. The first-order chi connectivity index (χ1) is 10.4. The zero-order valence-electron chi connectivity index (χ0n) is 12.2. The van der Waals surface area contributed by atoms with Crippen LogP contribution in [0.2, 0.25) is 0 Å². The van der Waals surface area contributed by atoms with Crippen LogP contribution < -0.4 is 4.74 Å². The number of Topliss-reactive ketones (excluding diaryl/α,β-unsaturated/α-hetero) is 1. The number of fused-ring (bicyclic) bond motifs is 1. The fraction of sp³-hybridized carbons (Fsp3) is 0.235. The molecule has 0 spiro atoms. The van der Waals surface area contributed by atoms with Gasteiger partial charge >= 0.3 is 0 Å². The van der Waals surface area contributed by atoms with Crippen molar-refractivity contribution < 1.29 is 24.9 Å². The van der Waals surface area contributed by atoms with E-state index in [0.717, 1.165) is 11.1 Å². The van der Waals surface area contributed by atoms with Crippen LogP contribution in [0.3, 0.4) is 0 Å². The third-order valence-electron chi connectivity index (χ3n) is 4.00. The molecular formula is C17H16O5. The molecule has 2 atom stereocenters. The molecule has 0 fully saturated rings. The SMILES string of the molecule is Cc1cc2c(cc1C)C(=O)[C@@H](O)[C@H](c1ccc(O)c(O)c1)O2. The summed E-state index contributed by atoms with van der Waals surface area (Å²) in [6.07, 6.45) is -2.29. The van der Waals surface area contributed by atoms with E-state index in [2.05, 4.69) is 0 Å². The van der Waals surface area contributed by atoms with Crippen LogP contribution in [-0.4, -0.2) is 27.2 Å². The van der Waals surface area contributed by atoms with E-state index in [1.54, 1.807) is 12.1 Å². The van der Waals surface area contributed by atoms with Crippen molar-refractivity contribution in [1.82, 2.24) is 0 Å². The number of carbonyl (C=O) groups is 1. The second-order valence-corrected chi connectivity index (χ2v) is 5.53. The van der Waals surface area contributed by atoms with Crippen LogP contribution in [0, 0.1) is 13.8 Å². The molecule has 1 heterocycles. The maximum absolute atomic E-state index is 12.4. The summed E-state index contributed by atoms with van der Waals surface area (Å²) < 4.78 is 5.77. The third-order valence-corrected chi connectivity index (χ3v) is 4.00. The average Bonchev–Trinajstić information content (AvgIpc) is 2.48. The number of aliphatic hydroxyl groups excluding tert-OH is 1. The smallest absolute Gasteiger partial charge is 0.199 e. The number of aliphatic hydroxyl groups is 1. The largest absolute Gasteiger partial charge is 0.504 e. The van der Waals surface area contributed by atoms with E-state index in [9.17, 15) is 20.1 Å². The molecule has 0 aromatic heterocycles. The molecule has 0 amide bonds. The van der Waals surface area contributed by atoms with Gasteiger partial charge in [0, 0.05) is 0 Å². The number of hydrogen-bond acceptors (Lipinski definition) is 5. The number of aromatic hydroxyl groups is 2. The molecule has 22 heavy (non-hydrogen) atoms. The van der Waals surface area contributed by atoms with E-state index in [1.807, 2.05) is 13.8 Å². The van der Waals surface area contributed by atoms with E-state index in [0.29, 0.717) is 16.9 Å². The second kappa shape index (κ2) is 5.03. The molecule has 2 aromatic carbocycles. The molecule has 5 heteroatoms. The first kappa shape index (κ1) is 14.4. The highest BCUT2D eigenvalue weighted by atomic mass is 16.5. The van der Waals surface area contributed by atoms with Crippen LogP contribution in [0.5, 0.6) is 17.2 Å². The van der Waals surface area contributed by atoms with Crippen LogP contribution >= 0.6 is 0 Å². The molecule has 0 radical (unpaired) electrons. The minimum atomic E-state index is -1.36. The van der Waals surface area contributed by atoms with Crippen molar-refractivity contribution in [3.63, 3.8) is 0 Å². The number of phenolic OH excluding ortho intramolecular Hbond substituents is 2. The summed E-state index contributed by atoms with van der Waals surface area (Å²) in [7, 11) is 0. The average molecular weight is 300 g/mol. The van der Waals surface area contributed by atoms with Gasteiger partial charge in [-0.2, -0.15) is 0 Å². The standard InChI is InChI=1S/C17H16O5/c1-8-5-11-14(6-9(8)2)22-17(16(21)15(11)20)10-3-4-12(18)13(19)7-10/h3-7,16-19,21H,1-2H3/t16-,17+/m1/s1. The maximum atomic E-state index is 12.4.